The molecule has 0 unspecified atom stereocenters. The molecule has 0 aromatic heterocycles. The molecule has 0 atom stereocenters. The maximum absolute atomic E-state index is 13.2. The summed E-state index contributed by atoms with van der Waals surface area (Å²) in [5, 5.41) is 8.88. The molecule has 2 aliphatic heterocycles. The fourth-order valence-corrected chi connectivity index (χ4v) is 4.53. The van der Waals surface area contributed by atoms with Crippen LogP contribution in [0, 0.1) is 27.7 Å². The highest BCUT2D eigenvalue weighted by Crippen LogP contribution is 2.26. The SMILES string of the molecule is Cc1ccc(C)c(N2N=C(C(=O)N3CCN(CC(=O)Nc4c(C)cccc4C)CC3)CCC2=O)c1. The van der Waals surface area contributed by atoms with Crippen LogP contribution in [0.25, 0.3) is 0 Å². The van der Waals surface area contributed by atoms with Crippen molar-refractivity contribution in [2.24, 2.45) is 5.10 Å². The standard InChI is InChI=1S/C27H33N5O3/c1-18-8-9-19(2)23(16-18)32-25(34)11-10-22(29-32)27(35)31-14-12-30(13-15-31)17-24(33)28-26-20(3)6-5-7-21(26)4/h5-9,16H,10-15,17H2,1-4H3,(H,28,33). The zero-order valence-corrected chi connectivity index (χ0v) is 20.9. The van der Waals surface area contributed by atoms with E-state index < -0.39 is 0 Å². The van der Waals surface area contributed by atoms with E-state index in [-0.39, 0.29) is 30.7 Å². The van der Waals surface area contributed by atoms with Crippen LogP contribution < -0.4 is 10.3 Å². The van der Waals surface area contributed by atoms with Gasteiger partial charge in [-0.25, -0.2) is 5.01 Å². The topological polar surface area (TPSA) is 85.3 Å². The van der Waals surface area contributed by atoms with E-state index >= 15 is 0 Å². The Kier molecular flexibility index (Phi) is 7.31. The summed E-state index contributed by atoms with van der Waals surface area (Å²) in [6.07, 6.45) is 0.605. The van der Waals surface area contributed by atoms with Crippen LogP contribution in [0.2, 0.25) is 0 Å². The zero-order valence-electron chi connectivity index (χ0n) is 20.9. The van der Waals surface area contributed by atoms with E-state index in [2.05, 4.69) is 15.3 Å². The molecule has 0 spiro atoms. The molecule has 0 aliphatic carbocycles. The van der Waals surface area contributed by atoms with Gasteiger partial charge in [0, 0.05) is 44.7 Å². The first-order chi connectivity index (χ1) is 16.7. The van der Waals surface area contributed by atoms with Gasteiger partial charge < -0.3 is 10.2 Å². The molecule has 184 valence electrons. The average Bonchev–Trinajstić information content (AvgIpc) is 2.83. The average molecular weight is 476 g/mol. The largest absolute Gasteiger partial charge is 0.335 e. The Morgan fingerprint density at radius 1 is 0.914 bits per heavy atom. The van der Waals surface area contributed by atoms with Crippen LogP contribution in [0.15, 0.2) is 41.5 Å². The summed E-state index contributed by atoms with van der Waals surface area (Å²) in [6, 6.07) is 11.8. The molecule has 1 N–H and O–H groups in total. The highest BCUT2D eigenvalue weighted by molar-refractivity contribution is 6.40. The first-order valence-electron chi connectivity index (χ1n) is 12.1. The Bertz CT molecular complexity index is 1160. The summed E-state index contributed by atoms with van der Waals surface area (Å²) in [7, 11) is 0. The van der Waals surface area contributed by atoms with Crippen LogP contribution >= 0.6 is 0 Å². The molecular formula is C27H33N5O3. The van der Waals surface area contributed by atoms with Crippen molar-refractivity contribution in [1.82, 2.24) is 9.80 Å². The maximum Gasteiger partial charge on any atom is 0.270 e. The van der Waals surface area contributed by atoms with Crippen molar-refractivity contribution in [2.45, 2.75) is 40.5 Å². The van der Waals surface area contributed by atoms with E-state index in [1.807, 2.05) is 64.1 Å². The van der Waals surface area contributed by atoms with Crippen LogP contribution in [-0.4, -0.2) is 66.0 Å². The fourth-order valence-electron chi connectivity index (χ4n) is 4.53. The van der Waals surface area contributed by atoms with Gasteiger partial charge in [0.1, 0.15) is 5.71 Å². The van der Waals surface area contributed by atoms with Crippen LogP contribution in [0.3, 0.4) is 0 Å². The molecular weight excluding hydrogens is 442 g/mol. The zero-order chi connectivity index (χ0) is 25.1. The molecule has 3 amide bonds. The van der Waals surface area contributed by atoms with E-state index in [1.54, 1.807) is 4.90 Å². The number of para-hydroxylation sites is 1. The minimum atomic E-state index is -0.132. The number of carbonyl (C=O) groups is 3. The van der Waals surface area contributed by atoms with E-state index in [9.17, 15) is 14.4 Å². The number of anilines is 2. The third-order valence-corrected chi connectivity index (χ3v) is 6.64. The Balaban J connectivity index is 1.36. The molecule has 0 bridgehead atoms. The van der Waals surface area contributed by atoms with Crippen molar-refractivity contribution < 1.29 is 14.4 Å². The van der Waals surface area contributed by atoms with Gasteiger partial charge in [0.15, 0.2) is 0 Å². The lowest BCUT2D eigenvalue weighted by atomic mass is 10.1. The van der Waals surface area contributed by atoms with Crippen molar-refractivity contribution >= 4 is 34.8 Å². The number of hydrogen-bond acceptors (Lipinski definition) is 5. The molecule has 35 heavy (non-hydrogen) atoms. The number of amides is 3. The summed E-state index contributed by atoms with van der Waals surface area (Å²) < 4.78 is 0. The van der Waals surface area contributed by atoms with Crippen LogP contribution in [0.1, 0.15) is 35.1 Å². The fraction of sp³-hybridized carbons (Fsp3) is 0.407. The number of carbonyl (C=O) groups excluding carboxylic acids is 3. The van der Waals surface area contributed by atoms with Gasteiger partial charge in [-0.1, -0.05) is 30.3 Å². The normalized spacial score (nSPS) is 16.8. The second kappa shape index (κ2) is 10.4. The number of aryl methyl sites for hydroxylation is 4. The maximum atomic E-state index is 13.2. The molecule has 1 fully saturated rings. The molecule has 0 saturated carbocycles. The van der Waals surface area contributed by atoms with Crippen molar-refractivity contribution in [1.29, 1.82) is 0 Å². The molecule has 8 nitrogen and oxygen atoms in total. The number of benzene rings is 2. The van der Waals surface area contributed by atoms with Crippen molar-refractivity contribution in [3.8, 4) is 0 Å². The Hall–Kier alpha value is -3.52. The van der Waals surface area contributed by atoms with E-state index in [0.717, 1.165) is 33.6 Å². The quantitative estimate of drug-likeness (QED) is 0.720. The molecule has 2 aliphatic rings. The van der Waals surface area contributed by atoms with Crippen molar-refractivity contribution in [3.63, 3.8) is 0 Å². The van der Waals surface area contributed by atoms with Crippen molar-refractivity contribution in [2.75, 3.05) is 43.0 Å². The molecule has 0 radical (unpaired) electrons. The highest BCUT2D eigenvalue weighted by Gasteiger charge is 2.31. The number of nitrogens with zero attached hydrogens (tertiary/aromatic N) is 4. The van der Waals surface area contributed by atoms with Crippen LogP contribution in [0.4, 0.5) is 11.4 Å². The number of piperazine rings is 1. The first-order valence-corrected chi connectivity index (χ1v) is 12.1. The van der Waals surface area contributed by atoms with E-state index in [4.69, 9.17) is 0 Å². The lowest BCUT2D eigenvalue weighted by molar-refractivity contribution is -0.126. The highest BCUT2D eigenvalue weighted by atomic mass is 16.2. The van der Waals surface area contributed by atoms with Crippen LogP contribution in [-0.2, 0) is 14.4 Å². The van der Waals surface area contributed by atoms with Gasteiger partial charge in [-0.2, -0.15) is 5.10 Å². The summed E-state index contributed by atoms with van der Waals surface area (Å²) in [5.41, 5.74) is 6.04. The predicted octanol–water partition coefficient (Wildman–Crippen LogP) is 3.19. The lowest BCUT2D eigenvalue weighted by Gasteiger charge is -2.35. The second-order valence-electron chi connectivity index (χ2n) is 9.43. The van der Waals surface area contributed by atoms with E-state index in [1.165, 1.54) is 5.01 Å². The molecule has 2 aromatic rings. The minimum Gasteiger partial charge on any atom is -0.335 e. The summed E-state index contributed by atoms with van der Waals surface area (Å²) in [6.45, 7) is 10.4. The van der Waals surface area contributed by atoms with Crippen molar-refractivity contribution in [3.05, 3.63) is 58.7 Å². The molecule has 2 heterocycles. The van der Waals surface area contributed by atoms with Gasteiger partial charge in [0.05, 0.1) is 12.2 Å². The van der Waals surface area contributed by atoms with E-state index in [0.29, 0.717) is 38.3 Å². The van der Waals surface area contributed by atoms with Crippen LogP contribution in [0.5, 0.6) is 0 Å². The first kappa shape index (κ1) is 24.6. The van der Waals surface area contributed by atoms with Gasteiger partial charge in [-0.15, -0.1) is 0 Å². The Morgan fingerprint density at radius 2 is 1.60 bits per heavy atom. The predicted molar refractivity (Wildman–Crippen MR) is 138 cm³/mol. The molecule has 4 rings (SSSR count). The Morgan fingerprint density at radius 3 is 2.29 bits per heavy atom. The number of rotatable bonds is 5. The molecule has 8 heteroatoms. The van der Waals surface area contributed by atoms with Gasteiger partial charge in [-0.05, 0) is 56.0 Å². The lowest BCUT2D eigenvalue weighted by Crippen LogP contribution is -2.52. The number of nitrogens with one attached hydrogen (secondary N) is 1. The number of hydrazone groups is 1. The third-order valence-electron chi connectivity index (χ3n) is 6.64. The van der Waals surface area contributed by atoms with Gasteiger partial charge in [-0.3, -0.25) is 19.3 Å². The third kappa shape index (κ3) is 5.59. The van der Waals surface area contributed by atoms with Gasteiger partial charge in [0.25, 0.3) is 5.91 Å². The summed E-state index contributed by atoms with van der Waals surface area (Å²) in [5.74, 6) is -0.288. The molecule has 2 aromatic carbocycles. The van der Waals surface area contributed by atoms with Gasteiger partial charge >= 0.3 is 0 Å². The number of hydrogen-bond donors (Lipinski definition) is 1. The summed E-state index contributed by atoms with van der Waals surface area (Å²) >= 11 is 0. The summed E-state index contributed by atoms with van der Waals surface area (Å²) in [4.78, 5) is 42.2. The minimum absolute atomic E-state index is 0.0542. The molecule has 1 saturated heterocycles. The Labute approximate surface area is 206 Å². The second-order valence-corrected chi connectivity index (χ2v) is 9.43. The van der Waals surface area contributed by atoms with Gasteiger partial charge in [0.2, 0.25) is 11.8 Å². The monoisotopic (exact) mass is 475 g/mol. The smallest absolute Gasteiger partial charge is 0.270 e.